The van der Waals surface area contributed by atoms with E-state index >= 15 is 0 Å². The van der Waals surface area contributed by atoms with Crippen molar-refractivity contribution >= 4 is 44.2 Å². The van der Waals surface area contributed by atoms with Crippen LogP contribution in [0.25, 0.3) is 21.6 Å². The van der Waals surface area contributed by atoms with E-state index in [0.717, 1.165) is 11.1 Å². The minimum Gasteiger partial charge on any atom is -0.192 e. The third-order valence-corrected chi connectivity index (χ3v) is 8.36. The van der Waals surface area contributed by atoms with Gasteiger partial charge in [0, 0.05) is 20.6 Å². The number of hydrogen-bond donors (Lipinski definition) is 0. The molecular weight excluding hydrogens is 408 g/mol. The van der Waals surface area contributed by atoms with Gasteiger partial charge in [-0.1, -0.05) is 27.7 Å². The van der Waals surface area contributed by atoms with Crippen LogP contribution < -0.4 is 0 Å². The molecule has 0 spiro atoms. The lowest BCUT2D eigenvalue weighted by molar-refractivity contribution is 0.660. The highest BCUT2D eigenvalue weighted by Crippen LogP contribution is 2.58. The first kappa shape index (κ1) is 19.9. The minimum atomic E-state index is -0.295. The van der Waals surface area contributed by atoms with Gasteiger partial charge in [-0.2, -0.15) is 21.0 Å². The topological polar surface area (TPSA) is 95.2 Å². The molecule has 0 aromatic carbocycles. The van der Waals surface area contributed by atoms with Crippen LogP contribution in [0.3, 0.4) is 0 Å². The summed E-state index contributed by atoms with van der Waals surface area (Å²) >= 11 is 3.47. The number of hydrogen-bond acceptors (Lipinski definition) is 6. The van der Waals surface area contributed by atoms with Crippen LogP contribution >= 0.6 is 22.7 Å². The molecule has 2 aromatic heterocycles. The Balaban J connectivity index is 1.88. The van der Waals surface area contributed by atoms with Gasteiger partial charge in [-0.3, -0.25) is 0 Å². The van der Waals surface area contributed by atoms with Crippen molar-refractivity contribution < 1.29 is 0 Å². The second-order valence-electron chi connectivity index (χ2n) is 8.35. The standard InChI is InChI=1S/C24H16N4S2/c1-23(2)15(5-13(9-25)10-26)7-17-19(23)21-22(29-17)20-18(30-21)8-16(24(20,3)4)6-14(11-27)12-28/h5-8H,1-4H3. The molecule has 6 heteroatoms. The molecule has 144 valence electrons. The first-order valence-corrected chi connectivity index (χ1v) is 10.9. The minimum absolute atomic E-state index is 0.112. The molecule has 0 fully saturated rings. The Kier molecular flexibility index (Phi) is 4.34. The lowest BCUT2D eigenvalue weighted by Crippen LogP contribution is -2.16. The van der Waals surface area contributed by atoms with Gasteiger partial charge in [0.15, 0.2) is 0 Å². The molecule has 2 aliphatic carbocycles. The number of allylic oxidation sites excluding steroid dienone is 6. The Morgan fingerprint density at radius 1 is 0.700 bits per heavy atom. The summed E-state index contributed by atoms with van der Waals surface area (Å²) < 4.78 is 2.49. The Hall–Kier alpha value is -3.42. The fourth-order valence-corrected chi connectivity index (χ4v) is 7.65. The van der Waals surface area contributed by atoms with E-state index < -0.39 is 0 Å². The average Bonchev–Trinajstić information content (AvgIpc) is 3.35. The van der Waals surface area contributed by atoms with Crippen molar-refractivity contribution in [1.82, 2.24) is 0 Å². The number of nitriles is 4. The maximum atomic E-state index is 9.14. The Bertz CT molecular complexity index is 1280. The second-order valence-corrected chi connectivity index (χ2v) is 10.5. The molecule has 0 saturated carbocycles. The summed E-state index contributed by atoms with van der Waals surface area (Å²) in [6, 6.07) is 7.80. The third-order valence-electron chi connectivity index (χ3n) is 5.93. The lowest BCUT2D eigenvalue weighted by atomic mass is 9.80. The van der Waals surface area contributed by atoms with Crippen LogP contribution in [0, 0.1) is 45.3 Å². The Morgan fingerprint density at radius 2 is 1.03 bits per heavy atom. The highest BCUT2D eigenvalue weighted by atomic mass is 32.1. The Morgan fingerprint density at radius 3 is 1.33 bits per heavy atom. The van der Waals surface area contributed by atoms with Gasteiger partial charge in [0.05, 0.1) is 9.40 Å². The smallest absolute Gasteiger partial charge is 0.129 e. The largest absolute Gasteiger partial charge is 0.192 e. The molecule has 2 aliphatic rings. The molecule has 0 amide bonds. The molecule has 0 atom stereocenters. The van der Waals surface area contributed by atoms with Gasteiger partial charge in [-0.25, -0.2) is 0 Å². The zero-order valence-corrected chi connectivity index (χ0v) is 18.5. The van der Waals surface area contributed by atoms with Gasteiger partial charge >= 0.3 is 0 Å². The maximum Gasteiger partial charge on any atom is 0.129 e. The fourth-order valence-electron chi connectivity index (χ4n) is 4.22. The van der Waals surface area contributed by atoms with E-state index in [0.29, 0.717) is 0 Å². The fraction of sp³-hybridized carbons (Fsp3) is 0.250. The van der Waals surface area contributed by atoms with E-state index in [2.05, 4.69) is 39.8 Å². The molecule has 2 heterocycles. The third kappa shape index (κ3) is 2.59. The second kappa shape index (κ2) is 6.55. The molecule has 0 radical (unpaired) electrons. The zero-order chi connectivity index (χ0) is 21.8. The molecule has 0 unspecified atom stereocenters. The van der Waals surface area contributed by atoms with Crippen molar-refractivity contribution in [3.05, 3.63) is 55.3 Å². The summed E-state index contributed by atoms with van der Waals surface area (Å²) in [5, 5.41) is 36.6. The molecule has 0 bridgehead atoms. The molecule has 0 saturated heterocycles. The van der Waals surface area contributed by atoms with E-state index in [1.165, 1.54) is 30.3 Å². The summed E-state index contributed by atoms with van der Waals surface area (Å²) in [5.41, 5.74) is 4.08. The van der Waals surface area contributed by atoms with Gasteiger partial charge in [-0.15, -0.1) is 22.7 Å². The molecule has 30 heavy (non-hydrogen) atoms. The Labute approximate surface area is 183 Å². The van der Waals surface area contributed by atoms with Gasteiger partial charge in [0.1, 0.15) is 35.4 Å². The SMILES string of the molecule is CC1(C)C(C=C(C#N)C#N)=Cc2sc3c4c(sc3c21)C=C(C=C(C#N)C#N)C4(C)C. The molecular formula is C24H16N4S2. The first-order valence-electron chi connectivity index (χ1n) is 9.27. The van der Waals surface area contributed by atoms with Crippen molar-refractivity contribution in [3.63, 3.8) is 0 Å². The van der Waals surface area contributed by atoms with Crippen LogP contribution in [0.4, 0.5) is 0 Å². The van der Waals surface area contributed by atoms with Crippen molar-refractivity contribution in [2.75, 3.05) is 0 Å². The van der Waals surface area contributed by atoms with Crippen LogP contribution in [0.5, 0.6) is 0 Å². The summed E-state index contributed by atoms with van der Waals surface area (Å²) in [4.78, 5) is 2.33. The molecule has 4 nitrogen and oxygen atoms in total. The van der Waals surface area contributed by atoms with Crippen LogP contribution in [-0.4, -0.2) is 0 Å². The van der Waals surface area contributed by atoms with Crippen LogP contribution in [-0.2, 0) is 10.8 Å². The van der Waals surface area contributed by atoms with E-state index in [-0.39, 0.29) is 22.0 Å². The predicted octanol–water partition coefficient (Wildman–Crippen LogP) is 6.26. The molecule has 0 aliphatic heterocycles. The zero-order valence-electron chi connectivity index (χ0n) is 16.9. The lowest BCUT2D eigenvalue weighted by Gasteiger charge is -2.23. The number of fused-ring (bicyclic) bond motifs is 5. The van der Waals surface area contributed by atoms with Gasteiger partial charge in [-0.05, 0) is 46.6 Å². The van der Waals surface area contributed by atoms with Crippen molar-refractivity contribution in [3.8, 4) is 24.3 Å². The molecule has 4 rings (SSSR count). The summed E-state index contributed by atoms with van der Waals surface area (Å²) in [5.74, 6) is 0. The summed E-state index contributed by atoms with van der Waals surface area (Å²) in [7, 11) is 0. The number of rotatable bonds is 2. The highest BCUT2D eigenvalue weighted by Gasteiger charge is 2.41. The van der Waals surface area contributed by atoms with E-state index in [1.807, 2.05) is 24.3 Å². The highest BCUT2D eigenvalue weighted by molar-refractivity contribution is 7.29. The van der Waals surface area contributed by atoms with E-state index in [4.69, 9.17) is 21.0 Å². The van der Waals surface area contributed by atoms with Gasteiger partial charge in [0.2, 0.25) is 0 Å². The van der Waals surface area contributed by atoms with E-state index in [9.17, 15) is 0 Å². The van der Waals surface area contributed by atoms with Crippen molar-refractivity contribution in [2.24, 2.45) is 0 Å². The number of thiophene rings is 2. The van der Waals surface area contributed by atoms with Crippen LogP contribution in [0.15, 0.2) is 34.4 Å². The predicted molar refractivity (Wildman–Crippen MR) is 120 cm³/mol. The van der Waals surface area contributed by atoms with Crippen molar-refractivity contribution in [2.45, 2.75) is 38.5 Å². The van der Waals surface area contributed by atoms with Gasteiger partial charge in [0.25, 0.3) is 0 Å². The normalized spacial score (nSPS) is 16.8. The van der Waals surface area contributed by atoms with E-state index in [1.54, 1.807) is 34.8 Å². The summed E-state index contributed by atoms with van der Waals surface area (Å²) in [6.45, 7) is 8.52. The quantitative estimate of drug-likeness (QED) is 0.532. The van der Waals surface area contributed by atoms with Crippen molar-refractivity contribution in [1.29, 1.82) is 21.0 Å². The average molecular weight is 425 g/mol. The molecule has 2 aromatic rings. The monoisotopic (exact) mass is 424 g/mol. The first-order chi connectivity index (χ1) is 14.2. The molecule has 0 N–H and O–H groups in total. The van der Waals surface area contributed by atoms with Gasteiger partial charge < -0.3 is 0 Å². The van der Waals surface area contributed by atoms with Crippen LogP contribution in [0.1, 0.15) is 48.6 Å². The van der Waals surface area contributed by atoms with Crippen LogP contribution in [0.2, 0.25) is 0 Å². The summed E-state index contributed by atoms with van der Waals surface area (Å²) in [6.07, 6.45) is 7.57. The number of nitrogens with zero attached hydrogens (tertiary/aromatic N) is 4. The maximum absolute atomic E-state index is 9.14.